The zero-order valence-electron chi connectivity index (χ0n) is 17.5. The zero-order chi connectivity index (χ0) is 21.8. The number of hydrogen-bond donors (Lipinski definition) is 0. The number of methoxy groups -OCH3 is 1. The summed E-state index contributed by atoms with van der Waals surface area (Å²) in [5, 5.41) is 8.99. The number of carbonyl (C=O) groups is 1. The van der Waals surface area contributed by atoms with Gasteiger partial charge in [-0.2, -0.15) is 0 Å². The molecule has 1 aromatic heterocycles. The van der Waals surface area contributed by atoms with Gasteiger partial charge < -0.3 is 9.47 Å². The van der Waals surface area contributed by atoms with Gasteiger partial charge in [0.25, 0.3) is 0 Å². The zero-order valence-corrected chi connectivity index (χ0v) is 18.3. The minimum Gasteiger partial charge on any atom is -0.497 e. The van der Waals surface area contributed by atoms with Crippen LogP contribution in [0, 0.1) is 5.82 Å². The summed E-state index contributed by atoms with van der Waals surface area (Å²) in [6.07, 6.45) is 2.06. The van der Waals surface area contributed by atoms with Crippen LogP contribution in [0.4, 0.5) is 4.39 Å². The highest BCUT2D eigenvalue weighted by Gasteiger charge is 2.25. The number of thioether (sulfide) groups is 1. The molecule has 1 aliphatic heterocycles. The smallest absolute Gasteiger partial charge is 0.192 e. The molecule has 0 amide bonds. The van der Waals surface area contributed by atoms with E-state index in [9.17, 15) is 9.18 Å². The summed E-state index contributed by atoms with van der Waals surface area (Å²) in [4.78, 5) is 12.9. The van der Waals surface area contributed by atoms with Crippen LogP contribution in [0.2, 0.25) is 0 Å². The van der Waals surface area contributed by atoms with Crippen molar-refractivity contribution in [2.45, 2.75) is 42.8 Å². The van der Waals surface area contributed by atoms with Gasteiger partial charge in [-0.05, 0) is 68.3 Å². The number of benzene rings is 2. The van der Waals surface area contributed by atoms with Crippen molar-refractivity contribution in [3.63, 3.8) is 0 Å². The lowest BCUT2D eigenvalue weighted by Crippen LogP contribution is -2.19. The second kappa shape index (κ2) is 9.62. The molecule has 3 aromatic rings. The lowest BCUT2D eigenvalue weighted by molar-refractivity contribution is 0.0953. The number of ketones is 1. The number of hydrogen-bond acceptors (Lipinski definition) is 6. The minimum absolute atomic E-state index is 0.00246. The molecule has 162 valence electrons. The highest BCUT2D eigenvalue weighted by atomic mass is 32.2. The molecule has 6 nitrogen and oxygen atoms in total. The molecule has 31 heavy (non-hydrogen) atoms. The van der Waals surface area contributed by atoms with E-state index >= 15 is 0 Å². The van der Waals surface area contributed by atoms with E-state index in [4.69, 9.17) is 9.47 Å². The average molecular weight is 442 g/mol. The molecular weight excluding hydrogens is 417 g/mol. The molecule has 0 bridgehead atoms. The number of halogens is 1. The number of aromatic nitrogens is 3. The van der Waals surface area contributed by atoms with E-state index in [2.05, 4.69) is 10.2 Å². The van der Waals surface area contributed by atoms with Crippen LogP contribution >= 0.6 is 11.8 Å². The van der Waals surface area contributed by atoms with Gasteiger partial charge in [0.05, 0.1) is 25.0 Å². The van der Waals surface area contributed by atoms with Crippen molar-refractivity contribution in [2.75, 3.05) is 13.7 Å². The summed E-state index contributed by atoms with van der Waals surface area (Å²) in [7, 11) is 1.59. The molecule has 1 fully saturated rings. The summed E-state index contributed by atoms with van der Waals surface area (Å²) in [5.41, 5.74) is 1.39. The van der Waals surface area contributed by atoms with Crippen molar-refractivity contribution < 1.29 is 18.7 Å². The van der Waals surface area contributed by atoms with E-state index in [1.165, 1.54) is 23.9 Å². The van der Waals surface area contributed by atoms with Crippen molar-refractivity contribution in [3.05, 3.63) is 59.9 Å². The van der Waals surface area contributed by atoms with E-state index in [1.54, 1.807) is 43.5 Å². The minimum atomic E-state index is -0.359. The van der Waals surface area contributed by atoms with Gasteiger partial charge in [-0.1, -0.05) is 11.8 Å². The predicted molar refractivity (Wildman–Crippen MR) is 117 cm³/mol. The Morgan fingerprint density at radius 3 is 2.61 bits per heavy atom. The highest BCUT2D eigenvalue weighted by molar-refractivity contribution is 8.00. The molecule has 0 saturated carbocycles. The van der Waals surface area contributed by atoms with Crippen LogP contribution in [0.15, 0.2) is 53.7 Å². The van der Waals surface area contributed by atoms with Crippen LogP contribution in [0.5, 0.6) is 5.75 Å². The highest BCUT2D eigenvalue weighted by Crippen LogP contribution is 2.30. The second-order valence-corrected chi connectivity index (χ2v) is 8.72. The second-order valence-electron chi connectivity index (χ2n) is 7.41. The Morgan fingerprint density at radius 2 is 1.97 bits per heavy atom. The fourth-order valence-corrected chi connectivity index (χ4v) is 4.48. The first-order valence-electron chi connectivity index (χ1n) is 10.2. The number of rotatable bonds is 8. The first-order chi connectivity index (χ1) is 15.0. The molecule has 4 rings (SSSR count). The van der Waals surface area contributed by atoms with Gasteiger partial charge in [-0.25, -0.2) is 4.39 Å². The lowest BCUT2D eigenvalue weighted by Gasteiger charge is -2.16. The Balaban J connectivity index is 1.58. The van der Waals surface area contributed by atoms with Crippen LogP contribution < -0.4 is 4.74 Å². The van der Waals surface area contributed by atoms with Crippen molar-refractivity contribution in [2.24, 2.45) is 0 Å². The van der Waals surface area contributed by atoms with Crippen molar-refractivity contribution in [1.29, 1.82) is 0 Å². The third-order valence-corrected chi connectivity index (χ3v) is 6.34. The van der Waals surface area contributed by atoms with Crippen LogP contribution in [0.1, 0.15) is 30.1 Å². The first-order valence-corrected chi connectivity index (χ1v) is 11.1. The van der Waals surface area contributed by atoms with Crippen LogP contribution in [0.25, 0.3) is 11.4 Å². The van der Waals surface area contributed by atoms with E-state index in [0.717, 1.165) is 25.0 Å². The Bertz CT molecular complexity index is 1030. The van der Waals surface area contributed by atoms with Gasteiger partial charge in [-0.15, -0.1) is 10.2 Å². The molecule has 0 aliphatic carbocycles. The van der Waals surface area contributed by atoms with Gasteiger partial charge in [0.15, 0.2) is 16.8 Å². The Labute approximate surface area is 184 Å². The molecule has 2 aromatic carbocycles. The average Bonchev–Trinajstić information content (AvgIpc) is 3.45. The Kier molecular flexibility index (Phi) is 6.67. The maximum atomic E-state index is 13.4. The number of ether oxygens (including phenoxy) is 2. The monoisotopic (exact) mass is 441 g/mol. The fraction of sp³-hybridized carbons (Fsp3) is 0.348. The normalized spacial score (nSPS) is 16.9. The van der Waals surface area contributed by atoms with Gasteiger partial charge in [0.2, 0.25) is 0 Å². The molecule has 0 N–H and O–H groups in total. The summed E-state index contributed by atoms with van der Waals surface area (Å²) >= 11 is 1.36. The molecule has 2 atom stereocenters. The maximum absolute atomic E-state index is 13.4. The van der Waals surface area contributed by atoms with E-state index < -0.39 is 0 Å². The summed E-state index contributed by atoms with van der Waals surface area (Å²) in [6.45, 7) is 3.19. The van der Waals surface area contributed by atoms with Crippen molar-refractivity contribution in [1.82, 2.24) is 14.8 Å². The van der Waals surface area contributed by atoms with E-state index in [0.29, 0.717) is 28.8 Å². The molecule has 1 saturated heterocycles. The molecule has 2 heterocycles. The molecule has 1 aliphatic rings. The summed E-state index contributed by atoms with van der Waals surface area (Å²) in [5.74, 6) is 1.05. The topological polar surface area (TPSA) is 66.2 Å². The van der Waals surface area contributed by atoms with Gasteiger partial charge in [0.1, 0.15) is 11.6 Å². The SMILES string of the molecule is COc1ccc(C(=O)[C@@H](C)Sc2nnc(-c3ccc(F)cc3)n2C[C@@H]2CCCO2)cc1. The van der Waals surface area contributed by atoms with Gasteiger partial charge >= 0.3 is 0 Å². The largest absolute Gasteiger partial charge is 0.497 e. The summed E-state index contributed by atoms with van der Waals surface area (Å²) in [6, 6.07) is 13.3. The lowest BCUT2D eigenvalue weighted by atomic mass is 10.1. The molecule has 8 heteroatoms. The third-order valence-electron chi connectivity index (χ3n) is 5.26. The summed E-state index contributed by atoms with van der Waals surface area (Å²) < 4.78 is 26.3. The third kappa shape index (κ3) is 4.97. The first kappa shape index (κ1) is 21.5. The number of nitrogens with zero attached hydrogens (tertiary/aromatic N) is 3. The van der Waals surface area contributed by atoms with Crippen molar-refractivity contribution in [3.8, 4) is 17.1 Å². The fourth-order valence-electron chi connectivity index (χ4n) is 3.55. The quantitative estimate of drug-likeness (QED) is 0.375. The maximum Gasteiger partial charge on any atom is 0.192 e. The molecule has 0 radical (unpaired) electrons. The Hall–Kier alpha value is -2.71. The molecule has 0 spiro atoms. The molecular formula is C23H24FN3O3S. The molecule has 0 unspecified atom stereocenters. The van der Waals surface area contributed by atoms with Crippen LogP contribution in [-0.4, -0.2) is 45.6 Å². The van der Waals surface area contributed by atoms with Crippen LogP contribution in [-0.2, 0) is 11.3 Å². The number of Topliss-reactive ketones (excluding diaryl/α,β-unsaturated/α-hetero) is 1. The standard InChI is InChI=1S/C23H24FN3O3S/c1-15(21(28)16-7-11-19(29-2)12-8-16)31-23-26-25-22(17-5-9-18(24)10-6-17)27(23)14-20-4-3-13-30-20/h5-12,15,20H,3-4,13-14H2,1-2H3/t15-,20+/m1/s1. The van der Waals surface area contributed by atoms with Gasteiger partial charge in [-0.3, -0.25) is 9.36 Å². The predicted octanol–water partition coefficient (Wildman–Crippen LogP) is 4.64. The van der Waals surface area contributed by atoms with Crippen molar-refractivity contribution >= 4 is 17.5 Å². The Morgan fingerprint density at radius 1 is 1.23 bits per heavy atom. The number of carbonyl (C=O) groups excluding carboxylic acids is 1. The van der Waals surface area contributed by atoms with Gasteiger partial charge in [0, 0.05) is 17.7 Å². The van der Waals surface area contributed by atoms with Crippen LogP contribution in [0.3, 0.4) is 0 Å². The van der Waals surface area contributed by atoms with E-state index in [1.807, 2.05) is 11.5 Å². The van der Waals surface area contributed by atoms with E-state index in [-0.39, 0.29) is 23.0 Å².